The number of aliphatic hydroxyl groups is 1. The molecule has 2 heterocycles. The number of fused-ring (bicyclic) bond motifs is 10. The molecule has 10 aliphatic rings. The first-order valence-corrected chi connectivity index (χ1v) is 25.6. The molecule has 8 nitrogen and oxygen atoms in total. The number of ketones is 3. The van der Waals surface area contributed by atoms with Gasteiger partial charge in [0.05, 0.1) is 19.3 Å². The Bertz CT molecular complexity index is 1900. The first-order chi connectivity index (χ1) is 30.2. The number of hydrogen-bond donors (Lipinski definition) is 1. The fourth-order valence-electron chi connectivity index (χ4n) is 16.5. The van der Waals surface area contributed by atoms with Crippen molar-refractivity contribution in [1.82, 2.24) is 0 Å². The Hall–Kier alpha value is -2.23. The normalized spacial score (nSPS) is 42.5. The van der Waals surface area contributed by atoms with Crippen LogP contribution in [0.15, 0.2) is 46.6 Å². The molecule has 2 aliphatic heterocycles. The largest absolute Gasteiger partial charge is 0.396 e. The monoisotopic (exact) mass is 869 g/mol. The van der Waals surface area contributed by atoms with Crippen LogP contribution in [0, 0.1) is 69.0 Å². The zero-order valence-corrected chi connectivity index (χ0v) is 39.8. The van der Waals surface area contributed by atoms with Gasteiger partial charge in [-0.3, -0.25) is 14.4 Å². The van der Waals surface area contributed by atoms with E-state index in [2.05, 4.69) is 59.8 Å². The van der Waals surface area contributed by atoms with Crippen LogP contribution >= 0.6 is 0 Å². The summed E-state index contributed by atoms with van der Waals surface area (Å²) in [5.74, 6) is 4.30. The van der Waals surface area contributed by atoms with E-state index >= 15 is 0 Å². The van der Waals surface area contributed by atoms with Gasteiger partial charge >= 0.3 is 0 Å². The summed E-state index contributed by atoms with van der Waals surface area (Å²) >= 11 is 0. The topological polar surface area (TPSA) is 108 Å². The van der Waals surface area contributed by atoms with Gasteiger partial charge in [-0.2, -0.15) is 0 Å². The molecule has 2 saturated heterocycles. The summed E-state index contributed by atoms with van der Waals surface area (Å²) in [5.41, 5.74) is 6.48. The molecule has 0 radical (unpaired) electrons. The molecule has 63 heavy (non-hydrogen) atoms. The van der Waals surface area contributed by atoms with Crippen LogP contribution in [0.4, 0.5) is 0 Å². The predicted octanol–water partition coefficient (Wildman–Crippen LogP) is 10.7. The van der Waals surface area contributed by atoms with E-state index in [0.717, 1.165) is 110 Å². The van der Waals surface area contributed by atoms with Crippen molar-refractivity contribution in [2.45, 2.75) is 169 Å². The van der Waals surface area contributed by atoms with Crippen LogP contribution < -0.4 is 0 Å². The second-order valence-electron chi connectivity index (χ2n) is 23.2. The van der Waals surface area contributed by atoms with Crippen molar-refractivity contribution in [3.63, 3.8) is 0 Å². The number of hydrogen-bond acceptors (Lipinski definition) is 8. The fourth-order valence-corrected chi connectivity index (χ4v) is 16.5. The molecular weight excluding hydrogens is 789 g/mol. The first-order valence-electron chi connectivity index (χ1n) is 25.6. The lowest BCUT2D eigenvalue weighted by Gasteiger charge is -2.54. The number of carbonyl (C=O) groups excluding carboxylic acids is 3. The molecule has 348 valence electrons. The molecular formula is C55H80O8. The lowest BCUT2D eigenvalue weighted by atomic mass is 9.51. The molecule has 0 aromatic rings. The van der Waals surface area contributed by atoms with Gasteiger partial charge in [-0.15, -0.1) is 0 Å². The maximum atomic E-state index is 13.6. The molecule has 1 spiro atoms. The summed E-state index contributed by atoms with van der Waals surface area (Å²) in [7, 11) is 0. The third-order valence-corrected chi connectivity index (χ3v) is 19.7. The van der Waals surface area contributed by atoms with E-state index in [0.29, 0.717) is 91.3 Å². The Balaban J connectivity index is 0.000000167. The highest BCUT2D eigenvalue weighted by atomic mass is 16.7. The minimum Gasteiger partial charge on any atom is -0.396 e. The van der Waals surface area contributed by atoms with Gasteiger partial charge in [-0.05, 0) is 136 Å². The highest BCUT2D eigenvalue weighted by Crippen LogP contribution is 2.68. The maximum Gasteiger partial charge on any atom is 0.172 e. The van der Waals surface area contributed by atoms with Crippen LogP contribution in [0.1, 0.15) is 157 Å². The van der Waals surface area contributed by atoms with Crippen molar-refractivity contribution in [1.29, 1.82) is 0 Å². The van der Waals surface area contributed by atoms with E-state index in [1.54, 1.807) is 11.1 Å². The SMILES string of the molecule is C[C@@H]1C[C@H]2[C@@H]3CC=C4CC5(CC[C@]4(C)C3=CC[C@]2(C)[C@H]1C(=O)CCCOC1CCOCC1)OCCO5.C[C@@H]1C[C@H]2[C@@H]3CCC4=CC(=O)CC[C@]4(C)C3=CC[C@]2(C)[C@H]1C(=O)CCCO. The Morgan fingerprint density at radius 3 is 1.98 bits per heavy atom. The summed E-state index contributed by atoms with van der Waals surface area (Å²) in [6, 6.07) is 0. The summed E-state index contributed by atoms with van der Waals surface area (Å²) in [6.07, 6.45) is 26.7. The Labute approximate surface area is 378 Å². The second-order valence-corrected chi connectivity index (χ2v) is 23.2. The van der Waals surface area contributed by atoms with Crippen molar-refractivity contribution in [2.75, 3.05) is 39.6 Å². The van der Waals surface area contributed by atoms with Crippen LogP contribution in [0.3, 0.4) is 0 Å². The number of rotatable bonds is 10. The zero-order chi connectivity index (χ0) is 44.4. The van der Waals surface area contributed by atoms with Gasteiger partial charge in [-0.25, -0.2) is 0 Å². The van der Waals surface area contributed by atoms with Crippen molar-refractivity contribution in [3.05, 3.63) is 46.6 Å². The number of ether oxygens (including phenoxy) is 4. The van der Waals surface area contributed by atoms with Crippen LogP contribution in [0.2, 0.25) is 0 Å². The van der Waals surface area contributed by atoms with Gasteiger partial charge in [0.2, 0.25) is 0 Å². The average molecular weight is 869 g/mol. The smallest absolute Gasteiger partial charge is 0.172 e. The standard InChI is InChI=1S/C31H46O5.C24H34O3/c1-21-19-26-24-7-6-22-20-31(35-17-18-36-31)13-12-29(22,2)25(24)8-11-30(26,3)28(21)27(32)5-4-14-34-23-9-15-33-16-10-23;1-15-13-20-18-7-6-16-14-17(26)8-10-23(16,2)19(18)9-11-24(20,3)22(15)21(27)5-4-12-25/h6,8,21,23-24,26,28H,4-5,7,9-20H2,1-3H3;9,14-15,18,20,22,25H,4-8,10-13H2,1-3H3/t21-,24-,26+,28-,29+,30+;15-,18-,20+,22-,23+,24+/m11/s1. The molecule has 0 bridgehead atoms. The highest BCUT2D eigenvalue weighted by Gasteiger charge is 2.61. The van der Waals surface area contributed by atoms with E-state index in [1.165, 1.54) is 17.6 Å². The van der Waals surface area contributed by atoms with Crippen molar-refractivity contribution < 1.29 is 38.4 Å². The third kappa shape index (κ3) is 8.01. The number of aliphatic hydroxyl groups excluding tert-OH is 1. The van der Waals surface area contributed by atoms with Crippen LogP contribution in [0.5, 0.6) is 0 Å². The molecule has 8 heteroatoms. The van der Waals surface area contributed by atoms with Gasteiger partial charge in [0.1, 0.15) is 11.6 Å². The molecule has 4 saturated carbocycles. The van der Waals surface area contributed by atoms with Crippen LogP contribution in [-0.2, 0) is 33.3 Å². The zero-order valence-electron chi connectivity index (χ0n) is 39.8. The van der Waals surface area contributed by atoms with E-state index in [9.17, 15) is 14.4 Å². The predicted molar refractivity (Wildman–Crippen MR) is 244 cm³/mol. The minimum atomic E-state index is -0.365. The number of carbonyl (C=O) groups is 3. The van der Waals surface area contributed by atoms with Gasteiger partial charge in [0.15, 0.2) is 11.6 Å². The number of Topliss-reactive ketones (excluding diaryl/α,β-unsaturated/α-hetero) is 2. The van der Waals surface area contributed by atoms with Gasteiger partial charge in [-0.1, -0.05) is 82.1 Å². The van der Waals surface area contributed by atoms with Crippen molar-refractivity contribution in [3.8, 4) is 0 Å². The summed E-state index contributed by atoms with van der Waals surface area (Å²) in [4.78, 5) is 38.6. The average Bonchev–Trinajstić information content (AvgIpc) is 3.92. The highest BCUT2D eigenvalue weighted by molar-refractivity contribution is 5.92. The van der Waals surface area contributed by atoms with Gasteiger partial charge < -0.3 is 24.1 Å². The van der Waals surface area contributed by atoms with Crippen LogP contribution in [-0.4, -0.2) is 74.0 Å². The van der Waals surface area contributed by atoms with Crippen molar-refractivity contribution in [2.24, 2.45) is 69.0 Å². The fraction of sp³-hybridized carbons (Fsp3) is 0.800. The lowest BCUT2D eigenvalue weighted by Crippen LogP contribution is -2.48. The Kier molecular flexibility index (Phi) is 13.0. The van der Waals surface area contributed by atoms with Crippen molar-refractivity contribution >= 4 is 17.3 Å². The second kappa shape index (κ2) is 17.8. The first kappa shape index (κ1) is 45.9. The lowest BCUT2D eigenvalue weighted by molar-refractivity contribution is -0.175. The maximum absolute atomic E-state index is 13.6. The molecule has 10 rings (SSSR count). The number of allylic oxidation sites excluding steroid dienone is 7. The van der Waals surface area contributed by atoms with Crippen LogP contribution in [0.25, 0.3) is 0 Å². The molecule has 0 unspecified atom stereocenters. The van der Waals surface area contributed by atoms with Gasteiger partial charge in [0, 0.05) is 81.2 Å². The summed E-state index contributed by atoms with van der Waals surface area (Å²) in [6.45, 7) is 18.1. The summed E-state index contributed by atoms with van der Waals surface area (Å²) < 4.78 is 23.7. The van der Waals surface area contributed by atoms with E-state index < -0.39 is 0 Å². The molecule has 0 aromatic heterocycles. The molecule has 8 aliphatic carbocycles. The molecule has 6 fully saturated rings. The third-order valence-electron chi connectivity index (χ3n) is 19.7. The molecule has 0 amide bonds. The van der Waals surface area contributed by atoms with E-state index in [4.69, 9.17) is 24.1 Å². The quantitative estimate of drug-likeness (QED) is 0.171. The van der Waals surface area contributed by atoms with E-state index in [-0.39, 0.29) is 45.9 Å². The van der Waals surface area contributed by atoms with E-state index in [1.807, 2.05) is 6.08 Å². The summed E-state index contributed by atoms with van der Waals surface area (Å²) in [5, 5.41) is 9.14. The molecule has 0 aromatic carbocycles. The molecule has 1 N–H and O–H groups in total. The molecule has 12 atom stereocenters. The Morgan fingerprint density at radius 1 is 0.730 bits per heavy atom. The Morgan fingerprint density at radius 2 is 1.33 bits per heavy atom. The van der Waals surface area contributed by atoms with Gasteiger partial charge in [0.25, 0.3) is 0 Å². The minimum absolute atomic E-state index is 0.0577.